The Morgan fingerprint density at radius 3 is 2.79 bits per heavy atom. The van der Waals surface area contributed by atoms with Gasteiger partial charge in [0.15, 0.2) is 0 Å². The number of nitrogens with zero attached hydrogens (tertiary/aromatic N) is 1. The zero-order valence-electron chi connectivity index (χ0n) is 12.4. The zero-order valence-corrected chi connectivity index (χ0v) is 13.2. The zero-order chi connectivity index (χ0) is 14.3. The van der Waals surface area contributed by atoms with Crippen LogP contribution in [-0.2, 0) is 14.8 Å². The van der Waals surface area contributed by atoms with Crippen LogP contribution in [0.4, 0.5) is 0 Å². The van der Waals surface area contributed by atoms with Gasteiger partial charge in [-0.25, -0.2) is 12.7 Å². The maximum atomic E-state index is 11.6. The van der Waals surface area contributed by atoms with Crippen LogP contribution in [0, 0.1) is 5.92 Å². The highest BCUT2D eigenvalue weighted by Gasteiger charge is 2.27. The molecule has 0 aliphatic carbocycles. The van der Waals surface area contributed by atoms with E-state index in [1.807, 2.05) is 0 Å². The fraction of sp³-hybridized carbons (Fsp3) is 1.00. The predicted octanol–water partition coefficient (Wildman–Crippen LogP) is 1.06. The summed E-state index contributed by atoms with van der Waals surface area (Å²) in [4.78, 5) is 0. The van der Waals surface area contributed by atoms with E-state index in [-0.39, 0.29) is 0 Å². The largest absolute Gasteiger partial charge is 0.385 e. The van der Waals surface area contributed by atoms with Crippen molar-refractivity contribution in [1.82, 2.24) is 9.62 Å². The number of ether oxygens (including phenoxy) is 1. The number of sulfonamides is 1. The molecule has 5 nitrogen and oxygen atoms in total. The number of hydrogen-bond acceptors (Lipinski definition) is 4. The van der Waals surface area contributed by atoms with Gasteiger partial charge in [0.05, 0.1) is 6.26 Å². The van der Waals surface area contributed by atoms with Gasteiger partial charge in [-0.05, 0) is 38.1 Å². The van der Waals surface area contributed by atoms with Crippen molar-refractivity contribution >= 4 is 10.0 Å². The monoisotopic (exact) mass is 292 g/mol. The minimum absolute atomic E-state index is 0.425. The number of methoxy groups -OCH3 is 1. The first-order valence-electron chi connectivity index (χ1n) is 7.14. The summed E-state index contributed by atoms with van der Waals surface area (Å²) in [5, 5.41) is 3.47. The summed E-state index contributed by atoms with van der Waals surface area (Å²) >= 11 is 0. The maximum Gasteiger partial charge on any atom is 0.211 e. The van der Waals surface area contributed by atoms with E-state index in [1.54, 1.807) is 11.4 Å². The molecule has 2 unspecified atom stereocenters. The van der Waals surface area contributed by atoms with Gasteiger partial charge in [0.2, 0.25) is 10.0 Å². The molecule has 1 saturated heterocycles. The van der Waals surface area contributed by atoms with E-state index in [2.05, 4.69) is 12.2 Å². The Balaban J connectivity index is 2.49. The summed E-state index contributed by atoms with van der Waals surface area (Å²) < 4.78 is 30.0. The summed E-state index contributed by atoms with van der Waals surface area (Å²) in [6, 6.07) is 0.425. The third-order valence-electron chi connectivity index (χ3n) is 3.73. The Morgan fingerprint density at radius 2 is 2.21 bits per heavy atom. The Kier molecular flexibility index (Phi) is 7.28. The normalized spacial score (nSPS) is 23.4. The number of rotatable bonds is 8. The van der Waals surface area contributed by atoms with Gasteiger partial charge < -0.3 is 10.1 Å². The molecular weight excluding hydrogens is 264 g/mol. The lowest BCUT2D eigenvalue weighted by Crippen LogP contribution is -2.42. The van der Waals surface area contributed by atoms with Gasteiger partial charge in [-0.2, -0.15) is 0 Å². The van der Waals surface area contributed by atoms with Crippen LogP contribution in [0.3, 0.4) is 0 Å². The SMILES string of the molecule is CCNC(CCOC)CC1CCCN(S(C)(=O)=O)C1. The van der Waals surface area contributed by atoms with Crippen molar-refractivity contribution in [2.75, 3.05) is 39.6 Å². The molecule has 114 valence electrons. The quantitative estimate of drug-likeness (QED) is 0.727. The van der Waals surface area contributed by atoms with Crippen LogP contribution in [0.2, 0.25) is 0 Å². The van der Waals surface area contributed by atoms with Crippen molar-refractivity contribution in [3.63, 3.8) is 0 Å². The molecule has 1 rings (SSSR count). The highest BCUT2D eigenvalue weighted by molar-refractivity contribution is 7.88. The van der Waals surface area contributed by atoms with E-state index in [4.69, 9.17) is 4.74 Å². The Morgan fingerprint density at radius 1 is 1.47 bits per heavy atom. The third-order valence-corrected chi connectivity index (χ3v) is 5.00. The Labute approximate surface area is 117 Å². The van der Waals surface area contributed by atoms with Crippen LogP contribution in [-0.4, -0.2) is 58.4 Å². The van der Waals surface area contributed by atoms with Crippen molar-refractivity contribution in [3.8, 4) is 0 Å². The average Bonchev–Trinajstić information content (AvgIpc) is 2.35. The van der Waals surface area contributed by atoms with E-state index >= 15 is 0 Å². The molecule has 1 heterocycles. The highest BCUT2D eigenvalue weighted by Crippen LogP contribution is 2.23. The molecule has 1 aliphatic heterocycles. The Hall–Kier alpha value is -0.170. The lowest BCUT2D eigenvalue weighted by Gasteiger charge is -2.33. The van der Waals surface area contributed by atoms with Gasteiger partial charge in [0.1, 0.15) is 0 Å². The highest BCUT2D eigenvalue weighted by atomic mass is 32.2. The van der Waals surface area contributed by atoms with E-state index in [0.29, 0.717) is 25.0 Å². The molecule has 2 atom stereocenters. The standard InChI is InChI=1S/C13H28N2O3S/c1-4-14-13(7-9-18-2)10-12-6-5-8-15(11-12)19(3,16)17/h12-14H,4-11H2,1-3H3. The maximum absolute atomic E-state index is 11.6. The first kappa shape index (κ1) is 16.9. The van der Waals surface area contributed by atoms with Crippen molar-refractivity contribution in [2.45, 2.75) is 38.6 Å². The second-order valence-corrected chi connectivity index (χ2v) is 7.38. The molecule has 19 heavy (non-hydrogen) atoms. The smallest absolute Gasteiger partial charge is 0.211 e. The minimum Gasteiger partial charge on any atom is -0.385 e. The van der Waals surface area contributed by atoms with Crippen molar-refractivity contribution in [2.24, 2.45) is 5.92 Å². The summed E-state index contributed by atoms with van der Waals surface area (Å²) in [6.07, 6.45) is 5.42. The number of nitrogens with one attached hydrogen (secondary N) is 1. The van der Waals surface area contributed by atoms with Gasteiger partial charge in [-0.3, -0.25) is 0 Å². The van der Waals surface area contributed by atoms with Crippen LogP contribution >= 0.6 is 0 Å². The van der Waals surface area contributed by atoms with E-state index < -0.39 is 10.0 Å². The fourth-order valence-corrected chi connectivity index (χ4v) is 3.72. The molecule has 0 amide bonds. The van der Waals surface area contributed by atoms with E-state index in [9.17, 15) is 8.42 Å². The summed E-state index contributed by atoms with van der Waals surface area (Å²) in [7, 11) is -1.32. The third kappa shape index (κ3) is 6.21. The molecule has 0 bridgehead atoms. The van der Waals surface area contributed by atoms with Gasteiger partial charge in [-0.15, -0.1) is 0 Å². The van der Waals surface area contributed by atoms with Crippen LogP contribution < -0.4 is 5.32 Å². The molecule has 0 saturated carbocycles. The lowest BCUT2D eigenvalue weighted by atomic mass is 9.91. The van der Waals surface area contributed by atoms with Gasteiger partial charge in [-0.1, -0.05) is 6.92 Å². The molecule has 0 aromatic rings. The first-order valence-corrected chi connectivity index (χ1v) is 8.99. The summed E-state index contributed by atoms with van der Waals surface area (Å²) in [5.41, 5.74) is 0. The van der Waals surface area contributed by atoms with Crippen LogP contribution in [0.15, 0.2) is 0 Å². The van der Waals surface area contributed by atoms with Gasteiger partial charge in [0.25, 0.3) is 0 Å². The molecule has 0 spiro atoms. The van der Waals surface area contributed by atoms with Crippen LogP contribution in [0.5, 0.6) is 0 Å². The molecule has 1 fully saturated rings. The summed E-state index contributed by atoms with van der Waals surface area (Å²) in [5.74, 6) is 0.462. The minimum atomic E-state index is -3.04. The van der Waals surface area contributed by atoms with Crippen molar-refractivity contribution in [3.05, 3.63) is 0 Å². The first-order chi connectivity index (χ1) is 8.97. The Bertz CT molecular complexity index is 346. The van der Waals surface area contributed by atoms with Crippen molar-refractivity contribution in [1.29, 1.82) is 0 Å². The molecule has 0 aromatic carbocycles. The molecule has 6 heteroatoms. The fourth-order valence-electron chi connectivity index (χ4n) is 2.77. The molecular formula is C13H28N2O3S. The molecule has 1 aliphatic rings. The van der Waals surface area contributed by atoms with E-state index in [1.165, 1.54) is 6.26 Å². The lowest BCUT2D eigenvalue weighted by molar-refractivity contribution is 0.169. The second kappa shape index (κ2) is 8.19. The number of piperidine rings is 1. The van der Waals surface area contributed by atoms with Gasteiger partial charge >= 0.3 is 0 Å². The topological polar surface area (TPSA) is 58.6 Å². The summed E-state index contributed by atoms with van der Waals surface area (Å²) in [6.45, 7) is 5.15. The molecule has 0 aromatic heterocycles. The average molecular weight is 292 g/mol. The predicted molar refractivity (Wildman–Crippen MR) is 77.7 cm³/mol. The van der Waals surface area contributed by atoms with Crippen LogP contribution in [0.1, 0.15) is 32.6 Å². The van der Waals surface area contributed by atoms with Gasteiger partial charge in [0, 0.05) is 32.8 Å². The second-order valence-electron chi connectivity index (χ2n) is 5.40. The van der Waals surface area contributed by atoms with Crippen LogP contribution in [0.25, 0.3) is 0 Å². The molecule has 0 radical (unpaired) electrons. The van der Waals surface area contributed by atoms with E-state index in [0.717, 1.165) is 38.8 Å². The number of hydrogen-bond donors (Lipinski definition) is 1. The van der Waals surface area contributed by atoms with Crippen molar-refractivity contribution < 1.29 is 13.2 Å². The molecule has 1 N–H and O–H groups in total.